The van der Waals surface area contributed by atoms with Gasteiger partial charge in [-0.1, -0.05) is 59.6 Å². The predicted molar refractivity (Wildman–Crippen MR) is 109 cm³/mol. The van der Waals surface area contributed by atoms with Gasteiger partial charge in [-0.3, -0.25) is 0 Å². The molecule has 1 fully saturated rings. The van der Waals surface area contributed by atoms with Crippen LogP contribution in [0.25, 0.3) is 0 Å². The van der Waals surface area contributed by atoms with Crippen LogP contribution in [-0.4, -0.2) is 13.1 Å². The lowest BCUT2D eigenvalue weighted by Crippen LogP contribution is -2.73. The van der Waals surface area contributed by atoms with Crippen molar-refractivity contribution < 1.29 is 0 Å². The van der Waals surface area contributed by atoms with Crippen LogP contribution in [0.3, 0.4) is 0 Å². The maximum atomic E-state index is 13.4. The zero-order valence-electron chi connectivity index (χ0n) is 14.7. The number of aryl methyl sites for hydroxylation is 1. The molecule has 0 amide bonds. The number of benzene rings is 3. The smallest absolute Gasteiger partial charge is 0.163 e. The van der Waals surface area contributed by atoms with Gasteiger partial charge in [0.1, 0.15) is 18.8 Å². The summed E-state index contributed by atoms with van der Waals surface area (Å²) in [6.45, 7) is 2.93. The van der Waals surface area contributed by atoms with Gasteiger partial charge in [0.2, 0.25) is 0 Å². The lowest BCUT2D eigenvalue weighted by molar-refractivity contribution is 0.144. The quantitative estimate of drug-likeness (QED) is 0.491. The first-order chi connectivity index (χ1) is 12.5. The molecule has 1 heterocycles. The van der Waals surface area contributed by atoms with Gasteiger partial charge in [-0.25, -0.2) is 0 Å². The van der Waals surface area contributed by atoms with E-state index in [9.17, 15) is 5.21 Å². The fourth-order valence-electron chi connectivity index (χ4n) is 3.73. The van der Waals surface area contributed by atoms with Crippen LogP contribution in [0.1, 0.15) is 11.1 Å². The predicted octanol–water partition coefficient (Wildman–Crippen LogP) is 5.47. The van der Waals surface area contributed by atoms with E-state index in [0.717, 1.165) is 22.5 Å². The Kier molecular flexibility index (Phi) is 4.23. The molecule has 0 saturated carbocycles. The summed E-state index contributed by atoms with van der Waals surface area (Å²) in [5.74, 6) is 0. The van der Waals surface area contributed by atoms with Crippen LogP contribution in [0.15, 0.2) is 78.9 Å². The molecule has 26 heavy (non-hydrogen) atoms. The minimum atomic E-state index is -0.387. The Labute approximate surface area is 159 Å². The van der Waals surface area contributed by atoms with Crippen molar-refractivity contribution in [3.63, 3.8) is 0 Å². The molecule has 0 aromatic heterocycles. The molecule has 4 rings (SSSR count). The standard InChI is InChI=1S/C22H21ClN2O/c1-17-7-13-21(14-8-17)25(26)15-22(16-25,18-5-3-2-4-6-18)24-20-11-9-19(23)10-12-20/h2-14,24H,15-16H2,1H3. The van der Waals surface area contributed by atoms with Crippen LogP contribution in [0.5, 0.6) is 0 Å². The molecule has 0 radical (unpaired) electrons. The van der Waals surface area contributed by atoms with Crippen molar-refractivity contribution in [2.24, 2.45) is 0 Å². The zero-order chi connectivity index (χ0) is 18.2. The van der Waals surface area contributed by atoms with E-state index in [4.69, 9.17) is 11.6 Å². The molecule has 132 valence electrons. The lowest BCUT2D eigenvalue weighted by atomic mass is 9.80. The third-order valence-corrected chi connectivity index (χ3v) is 5.36. The molecule has 0 unspecified atom stereocenters. The molecule has 0 atom stereocenters. The number of halogens is 1. The van der Waals surface area contributed by atoms with Crippen molar-refractivity contribution in [1.82, 2.24) is 4.65 Å². The highest BCUT2D eigenvalue weighted by molar-refractivity contribution is 6.30. The Balaban J connectivity index is 1.66. The Morgan fingerprint density at radius 2 is 1.50 bits per heavy atom. The van der Waals surface area contributed by atoms with E-state index in [1.54, 1.807) is 0 Å². The molecule has 1 N–H and O–H groups in total. The second-order valence-corrected chi connectivity index (χ2v) is 7.56. The first-order valence-corrected chi connectivity index (χ1v) is 9.12. The summed E-state index contributed by atoms with van der Waals surface area (Å²) in [6, 6.07) is 25.7. The van der Waals surface area contributed by atoms with Gasteiger partial charge in [0.05, 0.1) is 0 Å². The summed E-state index contributed by atoms with van der Waals surface area (Å²) in [4.78, 5) is 0. The maximum absolute atomic E-state index is 13.4. The van der Waals surface area contributed by atoms with Crippen LogP contribution >= 0.6 is 11.6 Å². The van der Waals surface area contributed by atoms with E-state index < -0.39 is 0 Å². The number of rotatable bonds is 4. The highest BCUT2D eigenvalue weighted by Crippen LogP contribution is 2.43. The molecule has 3 aromatic carbocycles. The van der Waals surface area contributed by atoms with E-state index >= 15 is 0 Å². The second-order valence-electron chi connectivity index (χ2n) is 7.12. The number of quaternary nitrogens is 1. The number of anilines is 1. The summed E-state index contributed by atoms with van der Waals surface area (Å²) in [5, 5.41) is 17.7. The SMILES string of the molecule is Cc1ccc([N+]2([O-])CC(Nc3ccc(Cl)cc3)(c3ccccc3)C2)cc1. The van der Waals surface area contributed by atoms with Gasteiger partial charge in [0.25, 0.3) is 0 Å². The number of nitrogens with one attached hydrogen (secondary N) is 1. The largest absolute Gasteiger partial charge is 0.627 e. The average molecular weight is 365 g/mol. The highest BCUT2D eigenvalue weighted by atomic mass is 35.5. The Morgan fingerprint density at radius 3 is 2.12 bits per heavy atom. The van der Waals surface area contributed by atoms with Crippen molar-refractivity contribution in [2.45, 2.75) is 12.5 Å². The van der Waals surface area contributed by atoms with Crippen molar-refractivity contribution in [3.8, 4) is 0 Å². The normalized spacial score (nSPS) is 24.7. The molecular formula is C22H21ClN2O. The third kappa shape index (κ3) is 3.10. The second kappa shape index (κ2) is 6.44. The molecule has 4 heteroatoms. The Morgan fingerprint density at radius 1 is 0.885 bits per heavy atom. The van der Waals surface area contributed by atoms with E-state index in [2.05, 4.69) is 17.4 Å². The zero-order valence-corrected chi connectivity index (χ0v) is 15.4. The Hall–Kier alpha value is -2.33. The van der Waals surface area contributed by atoms with E-state index in [0.29, 0.717) is 18.1 Å². The van der Waals surface area contributed by atoms with E-state index in [1.165, 1.54) is 0 Å². The van der Waals surface area contributed by atoms with Gasteiger partial charge < -0.3 is 15.2 Å². The molecule has 0 bridgehead atoms. The summed E-state index contributed by atoms with van der Waals surface area (Å²) in [6.07, 6.45) is 0. The summed E-state index contributed by atoms with van der Waals surface area (Å²) in [7, 11) is 0. The van der Waals surface area contributed by atoms with Gasteiger partial charge in [-0.2, -0.15) is 0 Å². The molecule has 0 spiro atoms. The van der Waals surface area contributed by atoms with Gasteiger partial charge in [0, 0.05) is 10.7 Å². The number of nitrogens with zero attached hydrogens (tertiary/aromatic N) is 1. The molecule has 3 aromatic rings. The number of hydrogen-bond donors (Lipinski definition) is 1. The fraction of sp³-hybridized carbons (Fsp3) is 0.182. The van der Waals surface area contributed by atoms with Crippen LogP contribution in [0, 0.1) is 12.1 Å². The maximum Gasteiger partial charge on any atom is 0.163 e. The van der Waals surface area contributed by atoms with Crippen LogP contribution < -0.4 is 9.96 Å². The molecule has 1 aliphatic heterocycles. The summed E-state index contributed by atoms with van der Waals surface area (Å²) >= 11 is 6.00. The minimum Gasteiger partial charge on any atom is -0.627 e. The van der Waals surface area contributed by atoms with Gasteiger partial charge in [-0.05, 0) is 48.9 Å². The summed E-state index contributed by atoms with van der Waals surface area (Å²) < 4.78 is -0.324. The van der Waals surface area contributed by atoms with Gasteiger partial charge in [-0.15, -0.1) is 0 Å². The monoisotopic (exact) mass is 364 g/mol. The highest BCUT2D eigenvalue weighted by Gasteiger charge is 2.54. The molecular weight excluding hydrogens is 344 g/mol. The van der Waals surface area contributed by atoms with Gasteiger partial charge in [0.15, 0.2) is 5.54 Å². The first kappa shape index (κ1) is 17.1. The lowest BCUT2D eigenvalue weighted by Gasteiger charge is -2.60. The van der Waals surface area contributed by atoms with Gasteiger partial charge >= 0.3 is 0 Å². The van der Waals surface area contributed by atoms with Crippen LogP contribution in [0.2, 0.25) is 5.02 Å². The molecule has 1 aliphatic rings. The topological polar surface area (TPSA) is 35.1 Å². The molecule has 1 saturated heterocycles. The average Bonchev–Trinajstić information content (AvgIpc) is 2.63. The first-order valence-electron chi connectivity index (χ1n) is 8.74. The molecule has 3 nitrogen and oxygen atoms in total. The number of hydrogen-bond acceptors (Lipinski definition) is 2. The van der Waals surface area contributed by atoms with Crippen molar-refractivity contribution in [1.29, 1.82) is 0 Å². The van der Waals surface area contributed by atoms with Crippen LogP contribution in [-0.2, 0) is 5.54 Å². The fourth-order valence-corrected chi connectivity index (χ4v) is 3.85. The van der Waals surface area contributed by atoms with Crippen molar-refractivity contribution in [3.05, 3.63) is 100 Å². The summed E-state index contributed by atoms with van der Waals surface area (Å²) in [5.41, 5.74) is 3.68. The van der Waals surface area contributed by atoms with Crippen molar-refractivity contribution >= 4 is 23.0 Å². The minimum absolute atomic E-state index is 0.324. The number of hydroxylamine groups is 2. The van der Waals surface area contributed by atoms with E-state index in [-0.39, 0.29) is 10.2 Å². The molecule has 0 aliphatic carbocycles. The Bertz CT molecular complexity index is 886. The third-order valence-electron chi connectivity index (χ3n) is 5.11. The van der Waals surface area contributed by atoms with Crippen LogP contribution in [0.4, 0.5) is 11.4 Å². The van der Waals surface area contributed by atoms with E-state index in [1.807, 2.05) is 73.7 Å². The van der Waals surface area contributed by atoms with Crippen molar-refractivity contribution in [2.75, 3.05) is 18.4 Å².